The number of carbonyl (C=O) groups is 4. The van der Waals surface area contributed by atoms with Crippen molar-refractivity contribution in [2.45, 2.75) is 88.6 Å². The summed E-state index contributed by atoms with van der Waals surface area (Å²) in [5, 5.41) is 12.8. The number of rotatable bonds is 10. The zero-order valence-corrected chi connectivity index (χ0v) is 28.1. The molecule has 2 amide bonds. The van der Waals surface area contributed by atoms with Crippen LogP contribution >= 0.6 is 0 Å². The maximum Gasteiger partial charge on any atom is 0.339 e. The van der Waals surface area contributed by atoms with Gasteiger partial charge in [-0.05, 0) is 62.1 Å². The van der Waals surface area contributed by atoms with E-state index in [1.807, 2.05) is 24.3 Å². The van der Waals surface area contributed by atoms with Crippen molar-refractivity contribution in [3.63, 3.8) is 0 Å². The van der Waals surface area contributed by atoms with Crippen molar-refractivity contribution < 1.29 is 43.2 Å². The van der Waals surface area contributed by atoms with Crippen LogP contribution in [-0.2, 0) is 46.2 Å². The number of benzene rings is 2. The van der Waals surface area contributed by atoms with Crippen LogP contribution in [0.15, 0.2) is 66.3 Å². The Morgan fingerprint density at radius 2 is 1.71 bits per heavy atom. The monoisotopic (exact) mass is 660 g/mol. The molecule has 2 aromatic rings. The zero-order valence-electron chi connectivity index (χ0n) is 28.1. The van der Waals surface area contributed by atoms with E-state index in [4.69, 9.17) is 18.9 Å². The lowest BCUT2D eigenvalue weighted by Crippen LogP contribution is -2.45. The predicted octanol–water partition coefficient (Wildman–Crippen LogP) is 3.52. The molecule has 256 valence electrons. The second-order valence-electron chi connectivity index (χ2n) is 13.7. The van der Waals surface area contributed by atoms with E-state index >= 15 is 0 Å². The highest BCUT2D eigenvalue weighted by Gasteiger charge is 2.55. The minimum absolute atomic E-state index is 0.0147. The Morgan fingerprint density at radius 3 is 2.35 bits per heavy atom. The van der Waals surface area contributed by atoms with Crippen LogP contribution in [0, 0.1) is 0 Å². The second kappa shape index (κ2) is 14.4. The van der Waals surface area contributed by atoms with Crippen LogP contribution in [-0.4, -0.2) is 90.2 Å². The summed E-state index contributed by atoms with van der Waals surface area (Å²) in [6.45, 7) is 4.93. The molecule has 2 N–H and O–H groups in total. The van der Waals surface area contributed by atoms with Crippen molar-refractivity contribution in [2.24, 2.45) is 0 Å². The molecular weight excluding hydrogens is 616 g/mol. The first-order valence-corrected chi connectivity index (χ1v) is 16.2. The van der Waals surface area contributed by atoms with Crippen LogP contribution < -0.4 is 5.32 Å². The van der Waals surface area contributed by atoms with Crippen molar-refractivity contribution in [1.82, 2.24) is 10.2 Å². The summed E-state index contributed by atoms with van der Waals surface area (Å²) >= 11 is 0. The minimum Gasteiger partial charge on any atom is -0.460 e. The van der Waals surface area contributed by atoms with E-state index in [2.05, 4.69) is 5.32 Å². The van der Waals surface area contributed by atoms with Crippen LogP contribution in [0.25, 0.3) is 6.08 Å². The van der Waals surface area contributed by atoms with Crippen molar-refractivity contribution in [3.8, 4) is 0 Å². The van der Waals surface area contributed by atoms with E-state index < -0.39 is 53.6 Å². The summed E-state index contributed by atoms with van der Waals surface area (Å²) in [5.41, 5.74) is 2.63. The summed E-state index contributed by atoms with van der Waals surface area (Å²) in [6.07, 6.45) is 3.64. The smallest absolute Gasteiger partial charge is 0.339 e. The number of aliphatic hydroxyl groups is 1. The molecule has 0 radical (unpaired) electrons. The summed E-state index contributed by atoms with van der Waals surface area (Å²) in [5.74, 6) is -2.74. The molecule has 2 aromatic carbocycles. The molecular formula is C37H44N2O9. The van der Waals surface area contributed by atoms with Crippen molar-refractivity contribution in [3.05, 3.63) is 88.5 Å². The molecule has 1 fully saturated rings. The van der Waals surface area contributed by atoms with Gasteiger partial charge < -0.3 is 34.3 Å². The van der Waals surface area contributed by atoms with Gasteiger partial charge >= 0.3 is 11.9 Å². The van der Waals surface area contributed by atoms with Crippen LogP contribution in [0.4, 0.5) is 0 Å². The number of hydrogen-bond donors (Lipinski definition) is 2. The summed E-state index contributed by atoms with van der Waals surface area (Å²) in [6, 6.07) is 14.1. The van der Waals surface area contributed by atoms with Gasteiger partial charge in [0.05, 0.1) is 18.2 Å². The normalized spacial score (nSPS) is 21.6. The highest BCUT2D eigenvalue weighted by atomic mass is 16.8. The first-order valence-electron chi connectivity index (χ1n) is 16.2. The van der Waals surface area contributed by atoms with Crippen molar-refractivity contribution in [1.29, 1.82) is 0 Å². The Hall–Kier alpha value is -4.32. The molecule has 2 aliphatic carbocycles. The molecule has 11 heteroatoms. The molecule has 4 atom stereocenters. The fraction of sp³-hybridized carbons (Fsp3) is 0.459. The molecule has 1 saturated heterocycles. The SMILES string of the molecule is CN(C)C(=O)C=Cc1ccccc1C(=O)O[C@@H]1CC(C(=O)N[C@H](CO)CCC(=O)OC(C)(C)C)=C[C@H]2OC3(Cc4ccccc4C3)O[C@H]21. The first-order chi connectivity index (χ1) is 22.8. The van der Waals surface area contributed by atoms with E-state index in [-0.39, 0.29) is 37.3 Å². The van der Waals surface area contributed by atoms with Crippen LogP contribution in [0.3, 0.4) is 0 Å². The van der Waals surface area contributed by atoms with Gasteiger partial charge in [0.1, 0.15) is 23.9 Å². The molecule has 0 saturated carbocycles. The lowest BCUT2D eigenvalue weighted by molar-refractivity contribution is -0.172. The minimum atomic E-state index is -0.972. The number of carbonyl (C=O) groups excluding carboxylic acids is 4. The largest absolute Gasteiger partial charge is 0.460 e. The number of ether oxygens (including phenoxy) is 4. The van der Waals surface area contributed by atoms with E-state index in [0.717, 1.165) is 11.1 Å². The summed E-state index contributed by atoms with van der Waals surface area (Å²) in [4.78, 5) is 53.1. The molecule has 1 heterocycles. The molecule has 3 aliphatic rings. The van der Waals surface area contributed by atoms with Crippen LogP contribution in [0.1, 0.15) is 67.1 Å². The van der Waals surface area contributed by atoms with Crippen LogP contribution in [0.5, 0.6) is 0 Å². The third-order valence-electron chi connectivity index (χ3n) is 8.47. The van der Waals surface area contributed by atoms with Gasteiger partial charge in [-0.3, -0.25) is 14.4 Å². The second-order valence-corrected chi connectivity index (χ2v) is 13.7. The molecule has 5 rings (SSSR count). The third-order valence-corrected chi connectivity index (χ3v) is 8.47. The number of nitrogens with one attached hydrogen (secondary N) is 1. The number of esters is 2. The van der Waals surface area contributed by atoms with Gasteiger partial charge in [0.15, 0.2) is 5.79 Å². The number of aliphatic hydroxyl groups excluding tert-OH is 1. The lowest BCUT2D eigenvalue weighted by Gasteiger charge is -2.31. The van der Waals surface area contributed by atoms with Gasteiger partial charge in [0.2, 0.25) is 11.8 Å². The maximum absolute atomic E-state index is 13.7. The predicted molar refractivity (Wildman–Crippen MR) is 176 cm³/mol. The van der Waals surface area contributed by atoms with Gasteiger partial charge in [-0.2, -0.15) is 0 Å². The average molecular weight is 661 g/mol. The molecule has 48 heavy (non-hydrogen) atoms. The van der Waals surface area contributed by atoms with E-state index in [0.29, 0.717) is 24.0 Å². The molecule has 0 aromatic heterocycles. The van der Waals surface area contributed by atoms with Crippen molar-refractivity contribution in [2.75, 3.05) is 20.7 Å². The number of hydrogen-bond acceptors (Lipinski definition) is 9. The Kier molecular flexibility index (Phi) is 10.5. The number of nitrogens with zero attached hydrogens (tertiary/aromatic N) is 1. The number of amides is 2. The van der Waals surface area contributed by atoms with Crippen molar-refractivity contribution >= 4 is 29.8 Å². The highest BCUT2D eigenvalue weighted by Crippen LogP contribution is 2.45. The van der Waals surface area contributed by atoms with Gasteiger partial charge in [-0.1, -0.05) is 42.5 Å². The maximum atomic E-state index is 13.7. The molecule has 1 aliphatic heterocycles. The number of likely N-dealkylation sites (N-methyl/N-ethyl adjacent to an activating group) is 1. The summed E-state index contributed by atoms with van der Waals surface area (Å²) < 4.78 is 24.6. The first kappa shape index (κ1) is 35.0. The summed E-state index contributed by atoms with van der Waals surface area (Å²) in [7, 11) is 3.27. The fourth-order valence-electron chi connectivity index (χ4n) is 6.17. The molecule has 0 bridgehead atoms. The lowest BCUT2D eigenvalue weighted by atomic mass is 9.91. The highest BCUT2D eigenvalue weighted by molar-refractivity contribution is 5.97. The number of fused-ring (bicyclic) bond motifs is 2. The molecule has 11 nitrogen and oxygen atoms in total. The van der Waals surface area contributed by atoms with Gasteiger partial charge in [0, 0.05) is 51.4 Å². The van der Waals surface area contributed by atoms with E-state index in [1.165, 1.54) is 11.0 Å². The Labute approximate surface area is 280 Å². The fourth-order valence-corrected chi connectivity index (χ4v) is 6.17. The Morgan fingerprint density at radius 1 is 1.04 bits per heavy atom. The van der Waals surface area contributed by atoms with E-state index in [1.54, 1.807) is 71.3 Å². The molecule has 1 spiro atoms. The topological polar surface area (TPSA) is 141 Å². The quantitative estimate of drug-likeness (QED) is 0.289. The van der Waals surface area contributed by atoms with Gasteiger partial charge in [-0.25, -0.2) is 4.79 Å². The standard InChI is InChI=1S/C37H44N2O9/c1-36(2,3)47-32(42)17-15-27(22-40)38-34(43)26-18-29(45-35(44)28-13-9-8-10-23(28)14-16-31(41)39(4)5)33-30(19-26)46-37(48-33)20-24-11-6-7-12-25(24)21-37/h6-14,16,19,27,29-30,33,40H,15,17-18,20-22H2,1-5H3,(H,38,43)/t27-,29+,30+,33-/m0/s1. The van der Waals surface area contributed by atoms with Crippen LogP contribution in [0.2, 0.25) is 0 Å². The molecule has 0 unspecified atom stereocenters. The third kappa shape index (κ3) is 8.39. The zero-order chi connectivity index (χ0) is 34.6. The Balaban J connectivity index is 1.35. The van der Waals surface area contributed by atoms with Gasteiger partial charge in [0.25, 0.3) is 0 Å². The van der Waals surface area contributed by atoms with Gasteiger partial charge in [-0.15, -0.1) is 0 Å². The average Bonchev–Trinajstić information content (AvgIpc) is 3.58. The Bertz CT molecular complexity index is 1580. The van der Waals surface area contributed by atoms with E-state index in [9.17, 15) is 24.3 Å².